The molecule has 0 aromatic heterocycles. The highest BCUT2D eigenvalue weighted by molar-refractivity contribution is 5.76. The van der Waals surface area contributed by atoms with Crippen LogP contribution in [0.5, 0.6) is 0 Å². The monoisotopic (exact) mass is 1140 g/mol. The van der Waals surface area contributed by atoms with Gasteiger partial charge in [0.2, 0.25) is 5.91 Å². The zero-order valence-electron chi connectivity index (χ0n) is 52.2. The molecule has 9 nitrogen and oxygen atoms in total. The maximum absolute atomic E-state index is 13.1. The molecule has 0 bridgehead atoms. The van der Waals surface area contributed by atoms with Crippen LogP contribution in [0, 0.1) is 0 Å². The van der Waals surface area contributed by atoms with Gasteiger partial charge in [-0.25, -0.2) is 0 Å². The molecule has 82 heavy (non-hydrogen) atoms. The van der Waals surface area contributed by atoms with Gasteiger partial charge in [0.25, 0.3) is 0 Å². The lowest BCUT2D eigenvalue weighted by atomic mass is 9.99. The molecule has 0 aromatic carbocycles. The van der Waals surface area contributed by atoms with Crippen LogP contribution in [0.25, 0.3) is 0 Å². The lowest BCUT2D eigenvalue weighted by Gasteiger charge is -2.40. The number of ether oxygens (including phenoxy) is 2. The fraction of sp³-hybridized carbons (Fsp3) is 0.685. The van der Waals surface area contributed by atoms with Crippen molar-refractivity contribution in [2.75, 3.05) is 13.2 Å². The zero-order chi connectivity index (χ0) is 59.3. The Kier molecular flexibility index (Phi) is 56.3. The second-order valence-corrected chi connectivity index (χ2v) is 22.5. The quantitative estimate of drug-likeness (QED) is 0.0261. The van der Waals surface area contributed by atoms with E-state index >= 15 is 0 Å². The van der Waals surface area contributed by atoms with Crippen molar-refractivity contribution < 1.29 is 39.8 Å². The number of rotatable bonds is 56. The Morgan fingerprint density at radius 3 is 1.17 bits per heavy atom. The Morgan fingerprint density at radius 1 is 0.427 bits per heavy atom. The van der Waals surface area contributed by atoms with Crippen LogP contribution < -0.4 is 5.32 Å². The number of unbranched alkanes of at least 4 members (excludes halogenated alkanes) is 26. The predicted octanol–water partition coefficient (Wildman–Crippen LogP) is 18.0. The summed E-state index contributed by atoms with van der Waals surface area (Å²) in [6, 6.07) is -0.837. The Labute approximate surface area is 502 Å². The van der Waals surface area contributed by atoms with Crippen molar-refractivity contribution in [3.8, 4) is 0 Å². The summed E-state index contributed by atoms with van der Waals surface area (Å²) in [5.41, 5.74) is 0. The van der Waals surface area contributed by atoms with Crippen LogP contribution in [0.3, 0.4) is 0 Å². The van der Waals surface area contributed by atoms with Crippen LogP contribution in [-0.2, 0) is 14.3 Å². The summed E-state index contributed by atoms with van der Waals surface area (Å²) in [6.45, 7) is 3.65. The maximum Gasteiger partial charge on any atom is 0.220 e. The third-order valence-corrected chi connectivity index (χ3v) is 14.9. The SMILES string of the molecule is CC/C=C\C/C=C\C/C=C\C/C=C\C/C=C\C/C=C\C/C=C\C/C=C\CCCCCCCCCCCCCCCCC(=O)NC(COC1OC(CO)C(O)C(O)C1O)C(O)/C=C/CC/C=C/CC/C=C/CCCCCCCCCCCC. The summed E-state index contributed by atoms with van der Waals surface area (Å²) in [7, 11) is 0. The predicted molar refractivity (Wildman–Crippen MR) is 350 cm³/mol. The van der Waals surface area contributed by atoms with E-state index in [9.17, 15) is 30.3 Å². The van der Waals surface area contributed by atoms with Crippen LogP contribution in [0.2, 0.25) is 0 Å². The van der Waals surface area contributed by atoms with Crippen LogP contribution in [-0.4, -0.2) is 87.5 Å². The second kappa shape index (κ2) is 60.5. The molecule has 1 amide bonds. The molecule has 0 spiro atoms. The molecule has 1 heterocycles. The highest BCUT2D eigenvalue weighted by Crippen LogP contribution is 2.23. The molecule has 1 aliphatic heterocycles. The highest BCUT2D eigenvalue weighted by Gasteiger charge is 2.44. The summed E-state index contributed by atoms with van der Waals surface area (Å²) in [6.07, 6.45) is 85.4. The first-order chi connectivity index (χ1) is 40.3. The molecule has 0 radical (unpaired) electrons. The molecule has 6 N–H and O–H groups in total. The number of carbonyl (C=O) groups is 1. The lowest BCUT2D eigenvalue weighted by Crippen LogP contribution is -2.60. The van der Waals surface area contributed by atoms with Gasteiger partial charge in [-0.1, -0.05) is 282 Å². The lowest BCUT2D eigenvalue weighted by molar-refractivity contribution is -0.302. The molecule has 1 aliphatic rings. The molecule has 1 rings (SSSR count). The van der Waals surface area contributed by atoms with Crippen molar-refractivity contribution in [3.05, 3.63) is 134 Å². The summed E-state index contributed by atoms with van der Waals surface area (Å²) < 4.78 is 11.3. The van der Waals surface area contributed by atoms with Gasteiger partial charge in [-0.3, -0.25) is 4.79 Å². The van der Waals surface area contributed by atoms with Crippen molar-refractivity contribution in [2.45, 2.75) is 307 Å². The topological polar surface area (TPSA) is 149 Å². The van der Waals surface area contributed by atoms with Gasteiger partial charge in [0, 0.05) is 6.42 Å². The second-order valence-electron chi connectivity index (χ2n) is 22.5. The number of nitrogens with one attached hydrogen (secondary N) is 1. The van der Waals surface area contributed by atoms with E-state index in [0.717, 1.165) is 103 Å². The first-order valence-corrected chi connectivity index (χ1v) is 33.4. The third kappa shape index (κ3) is 48.7. The molecule has 7 atom stereocenters. The molecule has 468 valence electrons. The van der Waals surface area contributed by atoms with Gasteiger partial charge in [-0.15, -0.1) is 0 Å². The number of aliphatic hydroxyl groups excluding tert-OH is 5. The van der Waals surface area contributed by atoms with Crippen LogP contribution in [0.15, 0.2) is 134 Å². The maximum atomic E-state index is 13.1. The molecule has 9 heteroatoms. The summed E-state index contributed by atoms with van der Waals surface area (Å²) in [4.78, 5) is 13.1. The number of aliphatic hydroxyl groups is 5. The molecule has 1 saturated heterocycles. The minimum atomic E-state index is -1.58. The molecular weight excluding hydrogens is 1020 g/mol. The van der Waals surface area contributed by atoms with Gasteiger partial charge < -0.3 is 40.3 Å². The van der Waals surface area contributed by atoms with Crippen LogP contribution in [0.4, 0.5) is 0 Å². The van der Waals surface area contributed by atoms with E-state index in [1.165, 1.54) is 141 Å². The number of carbonyl (C=O) groups excluding carboxylic acids is 1. The average molecular weight is 1140 g/mol. The van der Waals surface area contributed by atoms with Gasteiger partial charge in [0.05, 0.1) is 25.4 Å². The van der Waals surface area contributed by atoms with E-state index < -0.39 is 49.5 Å². The number of amides is 1. The number of allylic oxidation sites excluding steroid dienone is 21. The molecule has 0 aliphatic carbocycles. The summed E-state index contributed by atoms with van der Waals surface area (Å²) >= 11 is 0. The molecule has 0 aromatic rings. The van der Waals surface area contributed by atoms with Crippen LogP contribution in [0.1, 0.15) is 264 Å². The van der Waals surface area contributed by atoms with Crippen LogP contribution >= 0.6 is 0 Å². The third-order valence-electron chi connectivity index (χ3n) is 14.9. The molecule has 0 saturated carbocycles. The van der Waals surface area contributed by atoms with E-state index in [4.69, 9.17) is 9.47 Å². The van der Waals surface area contributed by atoms with Crippen molar-refractivity contribution in [3.63, 3.8) is 0 Å². The van der Waals surface area contributed by atoms with Crippen molar-refractivity contribution in [1.29, 1.82) is 0 Å². The molecule has 7 unspecified atom stereocenters. The van der Waals surface area contributed by atoms with Gasteiger partial charge in [-0.2, -0.15) is 0 Å². The summed E-state index contributed by atoms with van der Waals surface area (Å²) in [5, 5.41) is 54.6. The van der Waals surface area contributed by atoms with Gasteiger partial charge in [-0.05, 0) is 109 Å². The van der Waals surface area contributed by atoms with Gasteiger partial charge >= 0.3 is 0 Å². The minimum Gasteiger partial charge on any atom is -0.394 e. The Hall–Kier alpha value is -3.67. The van der Waals surface area contributed by atoms with Gasteiger partial charge in [0.1, 0.15) is 24.4 Å². The number of hydrogen-bond acceptors (Lipinski definition) is 8. The first kappa shape index (κ1) is 76.3. The van der Waals surface area contributed by atoms with E-state index in [-0.39, 0.29) is 12.5 Å². The van der Waals surface area contributed by atoms with E-state index in [1.54, 1.807) is 6.08 Å². The minimum absolute atomic E-state index is 0.195. The molecular formula is C73H123NO8. The van der Waals surface area contributed by atoms with Crippen molar-refractivity contribution in [1.82, 2.24) is 5.32 Å². The van der Waals surface area contributed by atoms with E-state index in [1.807, 2.05) is 6.08 Å². The average Bonchev–Trinajstić information content (AvgIpc) is 3.52. The number of hydrogen-bond donors (Lipinski definition) is 6. The Bertz CT molecular complexity index is 1750. The van der Waals surface area contributed by atoms with E-state index in [0.29, 0.717) is 6.42 Å². The Morgan fingerprint density at radius 2 is 0.768 bits per heavy atom. The highest BCUT2D eigenvalue weighted by atomic mass is 16.7. The first-order valence-electron chi connectivity index (χ1n) is 33.4. The Balaban J connectivity index is 2.15. The summed E-state index contributed by atoms with van der Waals surface area (Å²) in [5.74, 6) is -0.195. The fourth-order valence-electron chi connectivity index (χ4n) is 9.73. The van der Waals surface area contributed by atoms with Crippen molar-refractivity contribution >= 4 is 5.91 Å². The van der Waals surface area contributed by atoms with Gasteiger partial charge in [0.15, 0.2) is 6.29 Å². The normalized spacial score (nSPS) is 19.2. The standard InChI is InChI=1S/C73H123NO8/c1-3-5-7-9-11-13-15-17-19-21-23-25-26-27-28-29-30-31-32-33-34-35-36-37-38-39-40-41-42-43-45-47-49-51-53-55-57-59-61-63-69(77)74-66(65-81-73-72(80)71(79)70(78)68(64-75)82-73)67(76)62-60-58-56-54-52-50-48-46-44-24-22-20-18-16-14-12-10-8-6-4-2/h5,7,11,13,17,19,23,25,27-28,30-31,33-34,36-37,44,46,52,54,60,62,66-68,70-73,75-76,78-80H,3-4,6,8-10,12,14-16,18,20-22,24,26,29,32,35,38-43,45,47-51,53,55-59,61,63-65H2,1-2H3,(H,74,77)/b7-5-,13-11-,19-17-,25-23-,28-27-,31-30-,34-33-,37-36-,46-44+,54-52+,62-60+. The zero-order valence-corrected chi connectivity index (χ0v) is 52.2. The van der Waals surface area contributed by atoms with E-state index in [2.05, 4.69) is 141 Å². The fourth-order valence-corrected chi connectivity index (χ4v) is 9.73. The molecule has 1 fully saturated rings. The largest absolute Gasteiger partial charge is 0.394 e. The van der Waals surface area contributed by atoms with Crippen molar-refractivity contribution in [2.24, 2.45) is 0 Å². The smallest absolute Gasteiger partial charge is 0.220 e.